The molecule has 0 bridgehead atoms. The van der Waals surface area contributed by atoms with E-state index in [1.54, 1.807) is 25.1 Å². The van der Waals surface area contributed by atoms with Crippen LogP contribution in [-0.4, -0.2) is 22.6 Å². The van der Waals surface area contributed by atoms with Crippen molar-refractivity contribution in [2.45, 2.75) is 45.8 Å². The number of hydrogen-bond acceptors (Lipinski definition) is 3. The summed E-state index contributed by atoms with van der Waals surface area (Å²) in [6.45, 7) is 7.95. The summed E-state index contributed by atoms with van der Waals surface area (Å²) in [5.41, 5.74) is 0.411. The van der Waals surface area contributed by atoms with Gasteiger partial charge < -0.3 is 15.7 Å². The molecule has 0 fully saturated rings. The third-order valence-corrected chi connectivity index (χ3v) is 2.87. The Morgan fingerprint density at radius 2 is 2.05 bits per heavy atom. The molecule has 1 atom stereocenters. The van der Waals surface area contributed by atoms with Gasteiger partial charge >= 0.3 is 0 Å². The third-order valence-electron chi connectivity index (χ3n) is 2.56. The minimum absolute atomic E-state index is 0.0556. The number of para-hydroxylation sites is 1. The molecule has 0 aromatic heterocycles. The van der Waals surface area contributed by atoms with Crippen LogP contribution in [0, 0.1) is 0 Å². The molecule has 0 radical (unpaired) electrons. The van der Waals surface area contributed by atoms with Crippen LogP contribution in [0.4, 0.5) is 0 Å². The molecule has 1 rings (SSSR count). The maximum atomic E-state index is 11.9. The van der Waals surface area contributed by atoms with Gasteiger partial charge in [-0.15, -0.1) is 0 Å². The summed E-state index contributed by atoms with van der Waals surface area (Å²) in [6, 6.07) is 4.80. The van der Waals surface area contributed by atoms with Crippen LogP contribution in [0.15, 0.2) is 18.2 Å². The number of phenolic OH excluding ortho intramolecular Hbond substituents is 1. The second-order valence-corrected chi connectivity index (χ2v) is 6.00. The summed E-state index contributed by atoms with van der Waals surface area (Å²) >= 11 is 5.82. The minimum atomic E-state index is -0.349. The Morgan fingerprint density at radius 3 is 2.63 bits per heavy atom. The van der Waals surface area contributed by atoms with Gasteiger partial charge in [-0.25, -0.2) is 0 Å². The van der Waals surface area contributed by atoms with Crippen molar-refractivity contribution in [1.82, 2.24) is 10.6 Å². The van der Waals surface area contributed by atoms with Gasteiger partial charge in [0.1, 0.15) is 5.75 Å². The third kappa shape index (κ3) is 5.09. The predicted octanol–water partition coefficient (Wildman–Crippen LogP) is 2.44. The van der Waals surface area contributed by atoms with Gasteiger partial charge in [0.2, 0.25) is 5.91 Å². The zero-order valence-corrected chi connectivity index (χ0v) is 12.5. The van der Waals surface area contributed by atoms with Crippen LogP contribution in [0.3, 0.4) is 0 Å². The monoisotopic (exact) mass is 284 g/mol. The van der Waals surface area contributed by atoms with E-state index >= 15 is 0 Å². The van der Waals surface area contributed by atoms with Crippen LogP contribution >= 0.6 is 11.6 Å². The Morgan fingerprint density at radius 1 is 1.42 bits per heavy atom. The maximum Gasteiger partial charge on any atom is 0.237 e. The van der Waals surface area contributed by atoms with Gasteiger partial charge in [0.05, 0.1) is 11.1 Å². The Kier molecular flexibility index (Phi) is 5.20. The second-order valence-electron chi connectivity index (χ2n) is 5.59. The molecule has 1 aromatic rings. The van der Waals surface area contributed by atoms with Crippen molar-refractivity contribution in [3.8, 4) is 5.75 Å². The SMILES string of the molecule is CC(NCc1cccc(Cl)c1O)C(=O)NC(C)(C)C. The van der Waals surface area contributed by atoms with E-state index in [2.05, 4.69) is 10.6 Å². The van der Waals surface area contributed by atoms with E-state index < -0.39 is 0 Å². The quantitative estimate of drug-likeness (QED) is 0.796. The normalized spacial score (nSPS) is 13.1. The van der Waals surface area contributed by atoms with Gasteiger partial charge in [0.15, 0.2) is 0 Å². The summed E-state index contributed by atoms with van der Waals surface area (Å²) in [5.74, 6) is -0.0193. The molecule has 19 heavy (non-hydrogen) atoms. The number of carbonyl (C=O) groups is 1. The first kappa shape index (κ1) is 15.8. The van der Waals surface area contributed by atoms with Gasteiger partial charge in [-0.2, -0.15) is 0 Å². The minimum Gasteiger partial charge on any atom is -0.506 e. The van der Waals surface area contributed by atoms with E-state index in [-0.39, 0.29) is 23.2 Å². The molecule has 106 valence electrons. The highest BCUT2D eigenvalue weighted by atomic mass is 35.5. The van der Waals surface area contributed by atoms with Crippen LogP contribution in [0.25, 0.3) is 0 Å². The highest BCUT2D eigenvalue weighted by Crippen LogP contribution is 2.26. The Balaban J connectivity index is 2.57. The molecular formula is C14H21ClN2O2. The van der Waals surface area contributed by atoms with Crippen LogP contribution in [0.5, 0.6) is 5.75 Å². The van der Waals surface area contributed by atoms with Crippen LogP contribution in [0.1, 0.15) is 33.3 Å². The summed E-state index contributed by atoms with van der Waals surface area (Å²) in [6.07, 6.45) is 0. The van der Waals surface area contributed by atoms with Crippen molar-refractivity contribution < 1.29 is 9.90 Å². The Bertz CT molecular complexity index is 455. The van der Waals surface area contributed by atoms with Crippen molar-refractivity contribution in [1.29, 1.82) is 0 Å². The van der Waals surface area contributed by atoms with E-state index in [1.165, 1.54) is 0 Å². The predicted molar refractivity (Wildman–Crippen MR) is 77.3 cm³/mol. The number of phenols is 1. The van der Waals surface area contributed by atoms with Crippen LogP contribution < -0.4 is 10.6 Å². The van der Waals surface area contributed by atoms with E-state index in [1.807, 2.05) is 20.8 Å². The first-order chi connectivity index (χ1) is 8.70. The summed E-state index contributed by atoms with van der Waals surface area (Å²) < 4.78 is 0. The zero-order valence-electron chi connectivity index (χ0n) is 11.7. The highest BCUT2D eigenvalue weighted by molar-refractivity contribution is 6.32. The summed E-state index contributed by atoms with van der Waals surface area (Å²) in [5, 5.41) is 16.0. The van der Waals surface area contributed by atoms with Gasteiger partial charge in [-0.05, 0) is 33.8 Å². The first-order valence-electron chi connectivity index (χ1n) is 6.22. The molecule has 0 heterocycles. The smallest absolute Gasteiger partial charge is 0.237 e. The Hall–Kier alpha value is -1.26. The molecule has 1 aromatic carbocycles. The lowest BCUT2D eigenvalue weighted by Crippen LogP contribution is -2.49. The van der Waals surface area contributed by atoms with Crippen LogP contribution in [-0.2, 0) is 11.3 Å². The fourth-order valence-corrected chi connectivity index (χ4v) is 1.73. The van der Waals surface area contributed by atoms with Gasteiger partial charge in [-0.3, -0.25) is 4.79 Å². The van der Waals surface area contributed by atoms with Crippen molar-refractivity contribution in [2.75, 3.05) is 0 Å². The molecule has 0 aliphatic carbocycles. The fourth-order valence-electron chi connectivity index (χ4n) is 1.54. The zero-order chi connectivity index (χ0) is 14.6. The van der Waals surface area contributed by atoms with E-state index in [0.717, 1.165) is 0 Å². The van der Waals surface area contributed by atoms with Crippen molar-refractivity contribution in [3.05, 3.63) is 28.8 Å². The number of halogens is 1. The molecule has 1 unspecified atom stereocenters. The van der Waals surface area contributed by atoms with E-state index in [9.17, 15) is 9.90 Å². The number of carbonyl (C=O) groups excluding carboxylic acids is 1. The number of hydrogen-bond donors (Lipinski definition) is 3. The number of amides is 1. The largest absolute Gasteiger partial charge is 0.506 e. The summed E-state index contributed by atoms with van der Waals surface area (Å²) in [4.78, 5) is 11.9. The molecule has 0 spiro atoms. The summed E-state index contributed by atoms with van der Waals surface area (Å²) in [7, 11) is 0. The molecule has 3 N–H and O–H groups in total. The van der Waals surface area contributed by atoms with Crippen LogP contribution in [0.2, 0.25) is 5.02 Å². The van der Waals surface area contributed by atoms with Gasteiger partial charge in [-0.1, -0.05) is 23.7 Å². The number of nitrogens with one attached hydrogen (secondary N) is 2. The molecule has 0 aliphatic rings. The average Bonchev–Trinajstić information content (AvgIpc) is 2.28. The average molecular weight is 285 g/mol. The van der Waals surface area contributed by atoms with Crippen molar-refractivity contribution >= 4 is 17.5 Å². The van der Waals surface area contributed by atoms with Crippen molar-refractivity contribution in [2.24, 2.45) is 0 Å². The molecule has 0 saturated carbocycles. The standard InChI is InChI=1S/C14H21ClN2O2/c1-9(13(19)17-14(2,3)4)16-8-10-6-5-7-11(15)12(10)18/h5-7,9,16,18H,8H2,1-4H3,(H,17,19). The lowest BCUT2D eigenvalue weighted by atomic mass is 10.1. The number of rotatable bonds is 4. The Labute approximate surface area is 119 Å². The molecule has 1 amide bonds. The van der Waals surface area contributed by atoms with E-state index in [0.29, 0.717) is 17.1 Å². The lowest BCUT2D eigenvalue weighted by molar-refractivity contribution is -0.124. The van der Waals surface area contributed by atoms with Crippen molar-refractivity contribution in [3.63, 3.8) is 0 Å². The lowest BCUT2D eigenvalue weighted by Gasteiger charge is -2.23. The number of benzene rings is 1. The van der Waals surface area contributed by atoms with E-state index in [4.69, 9.17) is 11.6 Å². The highest BCUT2D eigenvalue weighted by Gasteiger charge is 2.19. The fraction of sp³-hybridized carbons (Fsp3) is 0.500. The topological polar surface area (TPSA) is 61.4 Å². The van der Waals surface area contributed by atoms with Gasteiger partial charge in [0, 0.05) is 17.6 Å². The molecule has 0 saturated heterocycles. The molecule has 5 heteroatoms. The number of aromatic hydroxyl groups is 1. The maximum absolute atomic E-state index is 11.9. The first-order valence-corrected chi connectivity index (χ1v) is 6.60. The van der Waals surface area contributed by atoms with Gasteiger partial charge in [0.25, 0.3) is 0 Å². The second kappa shape index (κ2) is 6.26. The molecule has 4 nitrogen and oxygen atoms in total. The molecule has 0 aliphatic heterocycles. The molecular weight excluding hydrogens is 264 g/mol.